The summed E-state index contributed by atoms with van der Waals surface area (Å²) in [6.07, 6.45) is 3.54. The fourth-order valence-electron chi connectivity index (χ4n) is 0.993. The molecule has 64 valence electrons. The highest BCUT2D eigenvalue weighted by Crippen LogP contribution is 2.30. The number of rotatable bonds is 1. The van der Waals surface area contributed by atoms with Crippen LogP contribution in [0, 0.1) is 11.3 Å². The van der Waals surface area contributed by atoms with E-state index in [9.17, 15) is 0 Å². The quantitative estimate of drug-likeness (QED) is 0.828. The average Bonchev–Trinajstić information content (AvgIpc) is 2.72. The predicted octanol–water partition coefficient (Wildman–Crippen LogP) is 2.30. The highest BCUT2D eigenvalue weighted by Gasteiger charge is 2.14. The fourth-order valence-corrected chi connectivity index (χ4v) is 1.46. The molecular formula is C8H4BrN3O. The van der Waals surface area contributed by atoms with Gasteiger partial charge >= 0.3 is 0 Å². The summed E-state index contributed by atoms with van der Waals surface area (Å²) in [6, 6.07) is 3.76. The Labute approximate surface area is 82.3 Å². The molecule has 0 amide bonds. The van der Waals surface area contributed by atoms with Crippen LogP contribution in [0.1, 0.15) is 5.69 Å². The first-order chi connectivity index (χ1) is 6.33. The Hall–Kier alpha value is -1.54. The van der Waals surface area contributed by atoms with Crippen molar-refractivity contribution < 1.29 is 4.52 Å². The second kappa shape index (κ2) is 3.07. The van der Waals surface area contributed by atoms with Crippen molar-refractivity contribution in [3.63, 3.8) is 0 Å². The largest absolute Gasteiger partial charge is 0.367 e. The summed E-state index contributed by atoms with van der Waals surface area (Å²) >= 11 is 3.24. The third-order valence-corrected chi connectivity index (χ3v) is 2.34. The number of hydrogen-bond acceptors (Lipinski definition) is 3. The number of nitrogens with zero attached hydrogens (tertiary/aromatic N) is 2. The lowest BCUT2D eigenvalue weighted by Gasteiger charge is -1.87. The molecule has 0 aliphatic heterocycles. The molecule has 0 aliphatic rings. The van der Waals surface area contributed by atoms with E-state index < -0.39 is 0 Å². The molecule has 2 aromatic heterocycles. The van der Waals surface area contributed by atoms with Crippen LogP contribution in [0.3, 0.4) is 0 Å². The Morgan fingerprint density at radius 1 is 1.62 bits per heavy atom. The maximum Gasteiger partial charge on any atom is 0.198 e. The van der Waals surface area contributed by atoms with Crippen molar-refractivity contribution in [3.05, 3.63) is 28.6 Å². The monoisotopic (exact) mass is 237 g/mol. The molecule has 1 N–H and O–H groups in total. The molecule has 0 atom stereocenters. The van der Waals surface area contributed by atoms with Crippen LogP contribution in [0.5, 0.6) is 0 Å². The van der Waals surface area contributed by atoms with Crippen molar-refractivity contribution in [3.8, 4) is 17.4 Å². The van der Waals surface area contributed by atoms with E-state index in [4.69, 9.17) is 9.78 Å². The fraction of sp³-hybridized carbons (Fsp3) is 0. The summed E-state index contributed by atoms with van der Waals surface area (Å²) in [6.45, 7) is 0. The Bertz CT molecular complexity index is 452. The van der Waals surface area contributed by atoms with Crippen LogP contribution in [0.15, 0.2) is 27.5 Å². The van der Waals surface area contributed by atoms with E-state index in [1.807, 2.05) is 12.1 Å². The van der Waals surface area contributed by atoms with Crippen molar-refractivity contribution in [2.75, 3.05) is 0 Å². The molecule has 2 rings (SSSR count). The van der Waals surface area contributed by atoms with Crippen LogP contribution in [-0.4, -0.2) is 10.1 Å². The number of aromatic nitrogens is 2. The first-order valence-corrected chi connectivity index (χ1v) is 4.30. The molecule has 0 saturated carbocycles. The van der Waals surface area contributed by atoms with E-state index in [0.29, 0.717) is 10.2 Å². The predicted molar refractivity (Wildman–Crippen MR) is 48.7 cm³/mol. The highest BCUT2D eigenvalue weighted by atomic mass is 79.9. The summed E-state index contributed by atoms with van der Waals surface area (Å²) in [5.74, 6) is 0.567. The smallest absolute Gasteiger partial charge is 0.198 e. The molecule has 13 heavy (non-hydrogen) atoms. The minimum atomic E-state index is 0.260. The van der Waals surface area contributed by atoms with Crippen molar-refractivity contribution in [2.24, 2.45) is 0 Å². The Balaban J connectivity index is 2.55. The zero-order chi connectivity index (χ0) is 9.26. The number of halogens is 1. The van der Waals surface area contributed by atoms with Gasteiger partial charge in [-0.1, -0.05) is 5.16 Å². The van der Waals surface area contributed by atoms with Crippen molar-refractivity contribution in [1.29, 1.82) is 5.26 Å². The number of hydrogen-bond donors (Lipinski definition) is 1. The highest BCUT2D eigenvalue weighted by molar-refractivity contribution is 9.10. The standard InChI is InChI=1S/C8H4BrN3O/c9-7-6(3-10)12-13-8(7)5-1-2-11-4-5/h1-2,4,11H. The van der Waals surface area contributed by atoms with Crippen molar-refractivity contribution in [2.45, 2.75) is 0 Å². The van der Waals surface area contributed by atoms with Gasteiger partial charge in [-0.05, 0) is 22.0 Å². The molecule has 2 aromatic rings. The molecule has 0 spiro atoms. The van der Waals surface area contributed by atoms with Gasteiger partial charge in [0.05, 0.1) is 0 Å². The summed E-state index contributed by atoms with van der Waals surface area (Å²) in [5.41, 5.74) is 1.12. The average molecular weight is 238 g/mol. The lowest BCUT2D eigenvalue weighted by atomic mass is 10.2. The van der Waals surface area contributed by atoms with Crippen molar-refractivity contribution >= 4 is 15.9 Å². The molecule has 0 saturated heterocycles. The van der Waals surface area contributed by atoms with Gasteiger partial charge < -0.3 is 9.51 Å². The van der Waals surface area contributed by atoms with E-state index in [1.54, 1.807) is 12.4 Å². The zero-order valence-electron chi connectivity index (χ0n) is 6.41. The molecule has 0 unspecified atom stereocenters. The maximum absolute atomic E-state index is 8.62. The summed E-state index contributed by atoms with van der Waals surface area (Å²) in [7, 11) is 0. The van der Waals surface area contributed by atoms with Gasteiger partial charge in [0.1, 0.15) is 10.5 Å². The van der Waals surface area contributed by atoms with E-state index in [-0.39, 0.29) is 5.69 Å². The molecule has 0 aliphatic carbocycles. The molecule has 0 radical (unpaired) electrons. The molecular weight excluding hydrogens is 234 g/mol. The second-order valence-electron chi connectivity index (χ2n) is 2.39. The summed E-state index contributed by atoms with van der Waals surface area (Å²) < 4.78 is 5.58. The third-order valence-electron chi connectivity index (χ3n) is 1.60. The van der Waals surface area contributed by atoms with Gasteiger partial charge in [0.15, 0.2) is 11.5 Å². The van der Waals surface area contributed by atoms with Crippen LogP contribution < -0.4 is 0 Å². The molecule has 4 nitrogen and oxygen atoms in total. The summed E-state index contributed by atoms with van der Waals surface area (Å²) in [4.78, 5) is 2.89. The molecule has 2 heterocycles. The molecule has 5 heteroatoms. The Morgan fingerprint density at radius 2 is 2.46 bits per heavy atom. The van der Waals surface area contributed by atoms with Gasteiger partial charge in [-0.15, -0.1) is 0 Å². The minimum Gasteiger partial charge on any atom is -0.367 e. The van der Waals surface area contributed by atoms with Gasteiger partial charge in [0.25, 0.3) is 0 Å². The maximum atomic E-state index is 8.62. The van der Waals surface area contributed by atoms with Gasteiger partial charge in [0, 0.05) is 18.0 Å². The molecule has 0 bridgehead atoms. The Kier molecular flexibility index (Phi) is 1.91. The van der Waals surface area contributed by atoms with E-state index in [2.05, 4.69) is 26.1 Å². The van der Waals surface area contributed by atoms with E-state index >= 15 is 0 Å². The lowest BCUT2D eigenvalue weighted by molar-refractivity contribution is 0.430. The Morgan fingerprint density at radius 3 is 3.00 bits per heavy atom. The van der Waals surface area contributed by atoms with Crippen LogP contribution in [-0.2, 0) is 0 Å². The number of H-pyrrole nitrogens is 1. The topological polar surface area (TPSA) is 65.6 Å². The van der Waals surface area contributed by atoms with Crippen molar-refractivity contribution in [1.82, 2.24) is 10.1 Å². The van der Waals surface area contributed by atoms with Gasteiger partial charge in [0.2, 0.25) is 0 Å². The summed E-state index contributed by atoms with van der Waals surface area (Å²) in [5, 5.41) is 12.2. The first-order valence-electron chi connectivity index (χ1n) is 3.51. The first kappa shape index (κ1) is 8.08. The van der Waals surface area contributed by atoms with Gasteiger partial charge in [-0.3, -0.25) is 0 Å². The molecule has 0 aromatic carbocycles. The second-order valence-corrected chi connectivity index (χ2v) is 3.18. The third kappa shape index (κ3) is 1.25. The number of nitriles is 1. The van der Waals surface area contributed by atoms with Crippen LogP contribution in [0.4, 0.5) is 0 Å². The zero-order valence-corrected chi connectivity index (χ0v) is 8.00. The van der Waals surface area contributed by atoms with E-state index in [0.717, 1.165) is 5.56 Å². The lowest BCUT2D eigenvalue weighted by Crippen LogP contribution is -1.72. The van der Waals surface area contributed by atoms with E-state index in [1.165, 1.54) is 0 Å². The normalized spacial score (nSPS) is 9.85. The van der Waals surface area contributed by atoms with Crippen LogP contribution in [0.2, 0.25) is 0 Å². The number of aromatic amines is 1. The van der Waals surface area contributed by atoms with Gasteiger partial charge in [-0.25, -0.2) is 0 Å². The minimum absolute atomic E-state index is 0.260. The SMILES string of the molecule is N#Cc1noc(-c2cc[nH]c2)c1Br. The van der Waals surface area contributed by atoms with Crippen LogP contribution >= 0.6 is 15.9 Å². The number of nitrogens with one attached hydrogen (secondary N) is 1. The van der Waals surface area contributed by atoms with Gasteiger partial charge in [-0.2, -0.15) is 5.26 Å². The van der Waals surface area contributed by atoms with Crippen LogP contribution in [0.25, 0.3) is 11.3 Å². The molecule has 0 fully saturated rings.